The zero-order valence-electron chi connectivity index (χ0n) is 13.3. The molecule has 0 bridgehead atoms. The summed E-state index contributed by atoms with van der Waals surface area (Å²) in [7, 11) is 4.09. The third-order valence-electron chi connectivity index (χ3n) is 3.90. The predicted octanol–water partition coefficient (Wildman–Crippen LogP) is 3.87. The topological polar surface area (TPSA) is 41.3 Å². The molecule has 2 aromatic heterocycles. The number of nitrogens with one attached hydrogen (secondary N) is 1. The Hall–Kier alpha value is -1.88. The SMILES string of the molecule is CN(C)C(CNCc1cc(Cl)cc2cccnc12)c1ccco1. The number of furan rings is 1. The van der Waals surface area contributed by atoms with Gasteiger partial charge in [-0.05, 0) is 50.0 Å². The molecule has 0 aliphatic heterocycles. The van der Waals surface area contributed by atoms with Gasteiger partial charge in [0.05, 0.1) is 17.8 Å². The molecule has 0 saturated carbocycles. The van der Waals surface area contributed by atoms with E-state index < -0.39 is 0 Å². The lowest BCUT2D eigenvalue weighted by Crippen LogP contribution is -2.30. The third-order valence-corrected chi connectivity index (χ3v) is 4.11. The van der Waals surface area contributed by atoms with Crippen LogP contribution >= 0.6 is 11.6 Å². The van der Waals surface area contributed by atoms with Crippen molar-refractivity contribution in [2.45, 2.75) is 12.6 Å². The monoisotopic (exact) mass is 329 g/mol. The maximum Gasteiger partial charge on any atom is 0.122 e. The van der Waals surface area contributed by atoms with E-state index >= 15 is 0 Å². The van der Waals surface area contributed by atoms with E-state index in [9.17, 15) is 0 Å². The van der Waals surface area contributed by atoms with E-state index in [1.54, 1.807) is 6.26 Å². The summed E-state index contributed by atoms with van der Waals surface area (Å²) in [6.07, 6.45) is 3.52. The molecule has 0 radical (unpaired) electrons. The van der Waals surface area contributed by atoms with Crippen LogP contribution in [0.2, 0.25) is 5.02 Å². The fraction of sp³-hybridized carbons (Fsp3) is 0.278. The predicted molar refractivity (Wildman–Crippen MR) is 93.6 cm³/mol. The van der Waals surface area contributed by atoms with Gasteiger partial charge in [0.1, 0.15) is 5.76 Å². The molecule has 0 amide bonds. The van der Waals surface area contributed by atoms with Crippen LogP contribution in [0.1, 0.15) is 17.4 Å². The fourth-order valence-corrected chi connectivity index (χ4v) is 2.97. The van der Waals surface area contributed by atoms with Gasteiger partial charge in [-0.15, -0.1) is 0 Å². The molecule has 4 nitrogen and oxygen atoms in total. The highest BCUT2D eigenvalue weighted by atomic mass is 35.5. The van der Waals surface area contributed by atoms with Gasteiger partial charge in [-0.25, -0.2) is 0 Å². The second kappa shape index (κ2) is 7.13. The molecule has 3 rings (SSSR count). The molecule has 1 aromatic carbocycles. The molecule has 23 heavy (non-hydrogen) atoms. The molecule has 0 fully saturated rings. The third kappa shape index (κ3) is 3.72. The first kappa shape index (κ1) is 16.0. The Morgan fingerprint density at radius 1 is 1.26 bits per heavy atom. The lowest BCUT2D eigenvalue weighted by Gasteiger charge is -2.22. The quantitative estimate of drug-likeness (QED) is 0.745. The molecule has 3 aromatic rings. The molecular formula is C18H20ClN3O. The van der Waals surface area contributed by atoms with E-state index in [0.717, 1.165) is 33.8 Å². The lowest BCUT2D eigenvalue weighted by molar-refractivity contribution is 0.250. The maximum atomic E-state index is 6.22. The fourth-order valence-electron chi connectivity index (χ4n) is 2.72. The van der Waals surface area contributed by atoms with E-state index in [1.807, 2.05) is 56.7 Å². The lowest BCUT2D eigenvalue weighted by atomic mass is 10.1. The minimum Gasteiger partial charge on any atom is -0.468 e. The van der Waals surface area contributed by atoms with Gasteiger partial charge in [0, 0.05) is 29.7 Å². The average Bonchev–Trinajstić information content (AvgIpc) is 3.04. The number of likely N-dealkylation sites (N-methyl/N-ethyl adjacent to an activating group) is 1. The van der Waals surface area contributed by atoms with E-state index in [4.69, 9.17) is 16.0 Å². The van der Waals surface area contributed by atoms with Crippen LogP contribution in [0.15, 0.2) is 53.3 Å². The second-order valence-corrected chi connectivity index (χ2v) is 6.20. The van der Waals surface area contributed by atoms with Crippen LogP contribution in [-0.2, 0) is 6.54 Å². The van der Waals surface area contributed by atoms with Gasteiger partial charge in [0.2, 0.25) is 0 Å². The molecule has 0 spiro atoms. The number of hydrogen-bond donors (Lipinski definition) is 1. The van der Waals surface area contributed by atoms with Crippen LogP contribution in [0.4, 0.5) is 0 Å². The molecular weight excluding hydrogens is 310 g/mol. The van der Waals surface area contributed by atoms with Crippen LogP contribution < -0.4 is 5.32 Å². The van der Waals surface area contributed by atoms with Gasteiger partial charge in [-0.3, -0.25) is 9.88 Å². The van der Waals surface area contributed by atoms with Crippen molar-refractivity contribution in [2.75, 3.05) is 20.6 Å². The normalized spacial score (nSPS) is 12.9. The smallest absolute Gasteiger partial charge is 0.122 e. The maximum absolute atomic E-state index is 6.22. The first-order valence-corrected chi connectivity index (χ1v) is 7.96. The number of benzene rings is 1. The van der Waals surface area contributed by atoms with Gasteiger partial charge in [-0.1, -0.05) is 17.7 Å². The molecule has 2 heterocycles. The van der Waals surface area contributed by atoms with Gasteiger partial charge < -0.3 is 9.73 Å². The Labute approximate surface area is 141 Å². The zero-order chi connectivity index (χ0) is 16.2. The van der Waals surface area contributed by atoms with E-state index in [-0.39, 0.29) is 6.04 Å². The van der Waals surface area contributed by atoms with E-state index in [1.165, 1.54) is 0 Å². The largest absolute Gasteiger partial charge is 0.468 e. The standard InChI is InChI=1S/C18H20ClN3O/c1-22(2)16(17-6-4-8-23-17)12-20-11-14-10-15(19)9-13-5-3-7-21-18(13)14/h3-10,16,20H,11-12H2,1-2H3. The summed E-state index contributed by atoms with van der Waals surface area (Å²) in [6, 6.07) is 12.0. The summed E-state index contributed by atoms with van der Waals surface area (Å²) in [6.45, 7) is 1.49. The minimum absolute atomic E-state index is 0.184. The van der Waals surface area contributed by atoms with Crippen molar-refractivity contribution in [1.82, 2.24) is 15.2 Å². The van der Waals surface area contributed by atoms with Crippen molar-refractivity contribution in [3.8, 4) is 0 Å². The number of rotatable bonds is 6. The van der Waals surface area contributed by atoms with Crippen LogP contribution in [0.25, 0.3) is 10.9 Å². The van der Waals surface area contributed by atoms with Gasteiger partial charge >= 0.3 is 0 Å². The van der Waals surface area contributed by atoms with Gasteiger partial charge in [-0.2, -0.15) is 0 Å². The molecule has 5 heteroatoms. The summed E-state index contributed by atoms with van der Waals surface area (Å²) < 4.78 is 5.53. The Morgan fingerprint density at radius 3 is 2.87 bits per heavy atom. The Kier molecular flexibility index (Phi) is 4.96. The van der Waals surface area contributed by atoms with Crippen LogP contribution in [0, 0.1) is 0 Å². The Morgan fingerprint density at radius 2 is 2.13 bits per heavy atom. The van der Waals surface area contributed by atoms with E-state index in [0.29, 0.717) is 6.54 Å². The average molecular weight is 330 g/mol. The van der Waals surface area contributed by atoms with Crippen molar-refractivity contribution < 1.29 is 4.42 Å². The highest BCUT2D eigenvalue weighted by molar-refractivity contribution is 6.31. The summed E-state index contributed by atoms with van der Waals surface area (Å²) in [5.74, 6) is 0.955. The number of nitrogens with zero attached hydrogens (tertiary/aromatic N) is 2. The number of fused-ring (bicyclic) bond motifs is 1. The first-order chi connectivity index (χ1) is 11.1. The number of pyridine rings is 1. The zero-order valence-corrected chi connectivity index (χ0v) is 14.0. The first-order valence-electron chi connectivity index (χ1n) is 7.59. The summed E-state index contributed by atoms with van der Waals surface area (Å²) in [5, 5.41) is 5.29. The number of aromatic nitrogens is 1. The molecule has 120 valence electrons. The second-order valence-electron chi connectivity index (χ2n) is 5.77. The molecule has 1 N–H and O–H groups in total. The van der Waals surface area contributed by atoms with Crippen molar-refractivity contribution >= 4 is 22.5 Å². The highest BCUT2D eigenvalue weighted by Crippen LogP contribution is 2.23. The van der Waals surface area contributed by atoms with Crippen LogP contribution in [0.5, 0.6) is 0 Å². The summed E-state index contributed by atoms with van der Waals surface area (Å²) in [4.78, 5) is 6.62. The summed E-state index contributed by atoms with van der Waals surface area (Å²) in [5.41, 5.74) is 2.09. The van der Waals surface area contributed by atoms with Gasteiger partial charge in [0.15, 0.2) is 0 Å². The van der Waals surface area contributed by atoms with Crippen molar-refractivity contribution in [2.24, 2.45) is 0 Å². The molecule has 1 unspecified atom stereocenters. The molecule has 0 aliphatic carbocycles. The van der Waals surface area contributed by atoms with Crippen molar-refractivity contribution in [1.29, 1.82) is 0 Å². The van der Waals surface area contributed by atoms with Crippen LogP contribution in [-0.4, -0.2) is 30.5 Å². The van der Waals surface area contributed by atoms with Gasteiger partial charge in [0.25, 0.3) is 0 Å². The number of halogens is 1. The molecule has 0 saturated heterocycles. The highest BCUT2D eigenvalue weighted by Gasteiger charge is 2.16. The minimum atomic E-state index is 0.184. The summed E-state index contributed by atoms with van der Waals surface area (Å²) >= 11 is 6.22. The Balaban J connectivity index is 1.73. The molecule has 0 aliphatic rings. The Bertz CT molecular complexity index is 771. The molecule has 1 atom stereocenters. The van der Waals surface area contributed by atoms with Crippen LogP contribution in [0.3, 0.4) is 0 Å². The van der Waals surface area contributed by atoms with E-state index in [2.05, 4.69) is 15.2 Å². The van der Waals surface area contributed by atoms with Crippen molar-refractivity contribution in [3.05, 3.63) is 65.2 Å². The number of hydrogen-bond acceptors (Lipinski definition) is 4. The van der Waals surface area contributed by atoms with Crippen molar-refractivity contribution in [3.63, 3.8) is 0 Å².